The summed E-state index contributed by atoms with van der Waals surface area (Å²) < 4.78 is 1.96. The Bertz CT molecular complexity index is 1240. The summed E-state index contributed by atoms with van der Waals surface area (Å²) in [7, 11) is 0. The average molecular weight is 455 g/mol. The quantitative estimate of drug-likeness (QED) is 0.568. The number of aromatic nitrogens is 4. The SMILES string of the molecule is Cc1cnc(Nc2cnn([C@H]3CC[C@@H](C#N)CC3)c2)nc1-c1ccc(C(=O)NC(C)C#N)cc1. The molecule has 0 radical (unpaired) electrons. The van der Waals surface area contributed by atoms with Crippen molar-refractivity contribution in [1.82, 2.24) is 25.1 Å². The van der Waals surface area contributed by atoms with Gasteiger partial charge in [0.25, 0.3) is 5.91 Å². The van der Waals surface area contributed by atoms with Crippen LogP contribution in [0.5, 0.6) is 0 Å². The maximum absolute atomic E-state index is 12.2. The molecule has 1 aliphatic carbocycles. The summed E-state index contributed by atoms with van der Waals surface area (Å²) in [6.07, 6.45) is 9.19. The molecule has 9 nitrogen and oxygen atoms in total. The second-order valence-electron chi connectivity index (χ2n) is 8.60. The average Bonchev–Trinajstić information content (AvgIpc) is 3.33. The Labute approximate surface area is 198 Å². The molecule has 1 saturated carbocycles. The maximum Gasteiger partial charge on any atom is 0.252 e. The molecule has 34 heavy (non-hydrogen) atoms. The monoisotopic (exact) mass is 454 g/mol. The summed E-state index contributed by atoms with van der Waals surface area (Å²) >= 11 is 0. The molecule has 1 fully saturated rings. The van der Waals surface area contributed by atoms with E-state index in [4.69, 9.17) is 10.5 Å². The third-order valence-corrected chi connectivity index (χ3v) is 6.04. The number of hydrogen-bond donors (Lipinski definition) is 2. The topological polar surface area (TPSA) is 132 Å². The summed E-state index contributed by atoms with van der Waals surface area (Å²) in [5.74, 6) is 0.326. The normalized spacial score (nSPS) is 18.4. The highest BCUT2D eigenvalue weighted by Crippen LogP contribution is 2.32. The van der Waals surface area contributed by atoms with Crippen LogP contribution in [-0.2, 0) is 0 Å². The first-order chi connectivity index (χ1) is 16.5. The van der Waals surface area contributed by atoms with Crippen molar-refractivity contribution in [2.24, 2.45) is 5.92 Å². The number of nitriles is 2. The molecule has 0 spiro atoms. The highest BCUT2D eigenvalue weighted by atomic mass is 16.1. The van der Waals surface area contributed by atoms with Crippen LogP contribution < -0.4 is 10.6 Å². The van der Waals surface area contributed by atoms with Crippen molar-refractivity contribution < 1.29 is 4.79 Å². The Hall–Kier alpha value is -4.24. The van der Waals surface area contributed by atoms with E-state index in [0.717, 1.165) is 48.2 Å². The molecule has 2 aromatic heterocycles. The van der Waals surface area contributed by atoms with Crippen LogP contribution >= 0.6 is 0 Å². The number of nitrogens with one attached hydrogen (secondary N) is 2. The van der Waals surface area contributed by atoms with E-state index < -0.39 is 6.04 Å². The first-order valence-corrected chi connectivity index (χ1v) is 11.3. The number of aryl methyl sites for hydroxylation is 1. The van der Waals surface area contributed by atoms with Crippen molar-refractivity contribution >= 4 is 17.5 Å². The number of carbonyl (C=O) groups excluding carboxylic acids is 1. The summed E-state index contributed by atoms with van der Waals surface area (Å²) in [6.45, 7) is 3.57. The van der Waals surface area contributed by atoms with E-state index in [1.165, 1.54) is 0 Å². The second kappa shape index (κ2) is 10.1. The molecule has 2 heterocycles. The van der Waals surface area contributed by atoms with Crippen molar-refractivity contribution in [2.75, 3.05) is 5.32 Å². The molecular weight excluding hydrogens is 428 g/mol. The summed E-state index contributed by atoms with van der Waals surface area (Å²) in [5, 5.41) is 28.3. The van der Waals surface area contributed by atoms with Gasteiger partial charge in [-0.1, -0.05) is 12.1 Å². The van der Waals surface area contributed by atoms with Gasteiger partial charge in [0.15, 0.2) is 0 Å². The van der Waals surface area contributed by atoms with Gasteiger partial charge in [0.05, 0.1) is 35.8 Å². The first kappa shape index (κ1) is 22.9. The van der Waals surface area contributed by atoms with Crippen LogP contribution in [0, 0.1) is 35.5 Å². The van der Waals surface area contributed by atoms with E-state index in [0.29, 0.717) is 17.6 Å². The van der Waals surface area contributed by atoms with Crippen LogP contribution in [0.15, 0.2) is 42.9 Å². The molecule has 0 saturated heterocycles. The molecular formula is C25H26N8O. The molecule has 0 aliphatic heterocycles. The van der Waals surface area contributed by atoms with E-state index in [1.54, 1.807) is 31.5 Å². The molecule has 9 heteroatoms. The van der Waals surface area contributed by atoms with Gasteiger partial charge >= 0.3 is 0 Å². The van der Waals surface area contributed by atoms with Crippen LogP contribution in [0.25, 0.3) is 11.3 Å². The number of carbonyl (C=O) groups is 1. The Morgan fingerprint density at radius 3 is 2.56 bits per heavy atom. The molecule has 1 unspecified atom stereocenters. The predicted octanol–water partition coefficient (Wildman–Crippen LogP) is 4.29. The van der Waals surface area contributed by atoms with E-state index in [9.17, 15) is 4.79 Å². The lowest BCUT2D eigenvalue weighted by Gasteiger charge is -2.24. The lowest BCUT2D eigenvalue weighted by Crippen LogP contribution is -2.31. The second-order valence-corrected chi connectivity index (χ2v) is 8.60. The van der Waals surface area contributed by atoms with Crippen molar-refractivity contribution in [3.8, 4) is 23.4 Å². The number of benzene rings is 1. The molecule has 172 valence electrons. The number of hydrogen-bond acceptors (Lipinski definition) is 7. The number of anilines is 2. The van der Waals surface area contributed by atoms with E-state index in [-0.39, 0.29) is 11.8 Å². The highest BCUT2D eigenvalue weighted by molar-refractivity contribution is 5.95. The number of nitrogens with zero attached hydrogens (tertiary/aromatic N) is 6. The van der Waals surface area contributed by atoms with E-state index in [1.807, 2.05) is 36.0 Å². The van der Waals surface area contributed by atoms with E-state index >= 15 is 0 Å². The van der Waals surface area contributed by atoms with Gasteiger partial charge in [0.1, 0.15) is 6.04 Å². The third-order valence-electron chi connectivity index (χ3n) is 6.04. The minimum atomic E-state index is -0.554. The van der Waals surface area contributed by atoms with Gasteiger partial charge in [-0.15, -0.1) is 0 Å². The van der Waals surface area contributed by atoms with Crippen molar-refractivity contribution in [3.05, 3.63) is 54.0 Å². The fraction of sp³-hybridized carbons (Fsp3) is 0.360. The Morgan fingerprint density at radius 2 is 1.88 bits per heavy atom. The van der Waals surface area contributed by atoms with Gasteiger partial charge in [0.2, 0.25) is 5.95 Å². The molecule has 2 N–H and O–H groups in total. The number of amides is 1. The molecule has 0 bridgehead atoms. The largest absolute Gasteiger partial charge is 0.337 e. The molecule has 1 aliphatic rings. The maximum atomic E-state index is 12.2. The fourth-order valence-corrected chi connectivity index (χ4v) is 4.09. The lowest BCUT2D eigenvalue weighted by atomic mass is 9.87. The molecule has 1 amide bonds. The minimum absolute atomic E-state index is 0.161. The zero-order chi connectivity index (χ0) is 24.1. The van der Waals surface area contributed by atoms with Crippen molar-refractivity contribution in [1.29, 1.82) is 10.5 Å². The lowest BCUT2D eigenvalue weighted by molar-refractivity contribution is 0.0948. The van der Waals surface area contributed by atoms with Gasteiger partial charge < -0.3 is 10.6 Å². The zero-order valence-electron chi connectivity index (χ0n) is 19.2. The fourth-order valence-electron chi connectivity index (χ4n) is 4.09. The molecule has 1 aromatic carbocycles. The number of rotatable bonds is 6. The smallest absolute Gasteiger partial charge is 0.252 e. The van der Waals surface area contributed by atoms with Gasteiger partial charge in [-0.25, -0.2) is 9.97 Å². The van der Waals surface area contributed by atoms with Crippen LogP contribution in [0.3, 0.4) is 0 Å². The summed E-state index contributed by atoms with van der Waals surface area (Å²) in [4.78, 5) is 21.3. The Morgan fingerprint density at radius 1 is 1.15 bits per heavy atom. The van der Waals surface area contributed by atoms with Gasteiger partial charge in [0, 0.05) is 29.4 Å². The molecule has 4 rings (SSSR count). The van der Waals surface area contributed by atoms with E-state index in [2.05, 4.69) is 31.8 Å². The standard InChI is InChI=1S/C25H26N8O/c1-16-13-28-25(31-21-14-29-33(15-21)22-9-3-18(12-27)4-10-22)32-23(16)19-5-7-20(8-6-19)24(34)30-17(2)11-26/h5-8,13-15,17-18,22H,3-4,9-10H2,1-2H3,(H,30,34)(H,28,31,32)/t17?,18-,22+. The van der Waals surface area contributed by atoms with Gasteiger partial charge in [-0.3, -0.25) is 9.48 Å². The van der Waals surface area contributed by atoms with Crippen molar-refractivity contribution in [2.45, 2.75) is 51.6 Å². The Kier molecular flexibility index (Phi) is 6.84. The summed E-state index contributed by atoms with van der Waals surface area (Å²) in [5.41, 5.74) is 3.81. The van der Waals surface area contributed by atoms with Crippen LogP contribution in [0.1, 0.15) is 54.6 Å². The first-order valence-electron chi connectivity index (χ1n) is 11.3. The summed E-state index contributed by atoms with van der Waals surface area (Å²) in [6, 6.07) is 11.2. The highest BCUT2D eigenvalue weighted by Gasteiger charge is 2.22. The van der Waals surface area contributed by atoms with Crippen LogP contribution in [0.4, 0.5) is 11.6 Å². The Balaban J connectivity index is 1.46. The van der Waals surface area contributed by atoms with Gasteiger partial charge in [-0.2, -0.15) is 15.6 Å². The molecule has 3 aromatic rings. The minimum Gasteiger partial charge on any atom is -0.337 e. The van der Waals surface area contributed by atoms with Crippen molar-refractivity contribution in [3.63, 3.8) is 0 Å². The van der Waals surface area contributed by atoms with Crippen LogP contribution in [0.2, 0.25) is 0 Å². The predicted molar refractivity (Wildman–Crippen MR) is 127 cm³/mol. The molecule has 1 atom stereocenters. The third kappa shape index (κ3) is 5.21. The van der Waals surface area contributed by atoms with Crippen LogP contribution in [-0.4, -0.2) is 31.7 Å². The zero-order valence-corrected chi connectivity index (χ0v) is 19.2. The van der Waals surface area contributed by atoms with Gasteiger partial charge in [-0.05, 0) is 57.2 Å².